The number of hydrogen-bond acceptors (Lipinski definition) is 4. The SMILES string of the molecule is N#Cc1c2n(c(=O)n(CC(=O)Nc3cccc(Br)c3)c1=O)CCC2. The van der Waals surface area contributed by atoms with Gasteiger partial charge in [0, 0.05) is 22.4 Å². The molecular formula is C16H13BrN4O3. The molecule has 1 aliphatic heterocycles. The van der Waals surface area contributed by atoms with Crippen molar-refractivity contribution in [3.8, 4) is 6.07 Å². The lowest BCUT2D eigenvalue weighted by Crippen LogP contribution is -2.44. The third-order valence-corrected chi connectivity index (χ3v) is 4.35. The molecule has 2 aromatic rings. The second-order valence-corrected chi connectivity index (χ2v) is 6.34. The van der Waals surface area contributed by atoms with Gasteiger partial charge >= 0.3 is 5.69 Å². The molecule has 8 heteroatoms. The van der Waals surface area contributed by atoms with E-state index >= 15 is 0 Å². The summed E-state index contributed by atoms with van der Waals surface area (Å²) in [5.41, 5.74) is -0.293. The number of benzene rings is 1. The van der Waals surface area contributed by atoms with Gasteiger partial charge in [-0.3, -0.25) is 14.2 Å². The van der Waals surface area contributed by atoms with Crippen LogP contribution < -0.4 is 16.6 Å². The fourth-order valence-electron chi connectivity index (χ4n) is 2.80. The molecule has 3 rings (SSSR count). The molecular weight excluding hydrogens is 376 g/mol. The second-order valence-electron chi connectivity index (χ2n) is 5.42. The molecule has 0 spiro atoms. The van der Waals surface area contributed by atoms with Gasteiger partial charge in [-0.25, -0.2) is 9.36 Å². The van der Waals surface area contributed by atoms with Crippen molar-refractivity contribution in [2.24, 2.45) is 0 Å². The Morgan fingerprint density at radius 2 is 2.17 bits per heavy atom. The van der Waals surface area contributed by atoms with Crippen LogP contribution in [-0.4, -0.2) is 15.0 Å². The standard InChI is InChI=1S/C16H13BrN4O3/c17-10-3-1-4-11(7-10)19-14(22)9-21-15(23)12(8-18)13-5-2-6-20(13)16(21)24/h1,3-4,7H,2,5-6,9H2,(H,19,22). The van der Waals surface area contributed by atoms with Crippen molar-refractivity contribution in [2.75, 3.05) is 5.32 Å². The van der Waals surface area contributed by atoms with E-state index in [9.17, 15) is 19.6 Å². The maximum absolute atomic E-state index is 12.4. The first-order chi connectivity index (χ1) is 11.5. The Balaban J connectivity index is 1.93. The Morgan fingerprint density at radius 3 is 2.88 bits per heavy atom. The molecule has 0 atom stereocenters. The first-order valence-electron chi connectivity index (χ1n) is 7.33. The van der Waals surface area contributed by atoms with Crippen LogP contribution in [0.5, 0.6) is 0 Å². The van der Waals surface area contributed by atoms with Gasteiger partial charge in [0.15, 0.2) is 0 Å². The molecule has 0 bridgehead atoms. The number of carbonyl (C=O) groups is 1. The molecule has 1 aromatic carbocycles. The van der Waals surface area contributed by atoms with E-state index in [1.165, 1.54) is 4.57 Å². The van der Waals surface area contributed by atoms with Gasteiger partial charge in [0.1, 0.15) is 18.2 Å². The van der Waals surface area contributed by atoms with Gasteiger partial charge in [0.05, 0.1) is 0 Å². The highest BCUT2D eigenvalue weighted by Crippen LogP contribution is 2.16. The largest absolute Gasteiger partial charge is 0.331 e. The number of hydrogen-bond donors (Lipinski definition) is 1. The number of nitrogens with one attached hydrogen (secondary N) is 1. The molecule has 0 aliphatic carbocycles. The van der Waals surface area contributed by atoms with Gasteiger partial charge in [0.25, 0.3) is 5.56 Å². The number of fused-ring (bicyclic) bond motifs is 1. The molecule has 7 nitrogen and oxygen atoms in total. The van der Waals surface area contributed by atoms with Crippen LogP contribution in [-0.2, 0) is 24.3 Å². The van der Waals surface area contributed by atoms with Crippen LogP contribution in [0.4, 0.5) is 5.69 Å². The first-order valence-corrected chi connectivity index (χ1v) is 8.12. The molecule has 24 heavy (non-hydrogen) atoms. The van der Waals surface area contributed by atoms with Crippen LogP contribution in [0.25, 0.3) is 0 Å². The minimum absolute atomic E-state index is 0.0534. The fraction of sp³-hybridized carbons (Fsp3) is 0.250. The molecule has 1 amide bonds. The predicted octanol–water partition coefficient (Wildman–Crippen LogP) is 1.23. The second kappa shape index (κ2) is 6.45. The Morgan fingerprint density at radius 1 is 1.38 bits per heavy atom. The van der Waals surface area contributed by atoms with E-state index in [4.69, 9.17) is 0 Å². The predicted molar refractivity (Wildman–Crippen MR) is 90.8 cm³/mol. The quantitative estimate of drug-likeness (QED) is 0.854. The normalized spacial score (nSPS) is 12.5. The number of anilines is 1. The van der Waals surface area contributed by atoms with Crippen molar-refractivity contribution in [1.29, 1.82) is 5.26 Å². The molecule has 1 N–H and O–H groups in total. The molecule has 0 unspecified atom stereocenters. The van der Waals surface area contributed by atoms with Gasteiger partial charge in [-0.15, -0.1) is 0 Å². The van der Waals surface area contributed by atoms with Gasteiger partial charge in [-0.05, 0) is 31.0 Å². The maximum atomic E-state index is 12.4. The molecule has 0 radical (unpaired) electrons. The van der Waals surface area contributed by atoms with Crippen molar-refractivity contribution in [3.63, 3.8) is 0 Å². The van der Waals surface area contributed by atoms with Crippen molar-refractivity contribution in [2.45, 2.75) is 25.9 Å². The number of aromatic nitrogens is 2. The summed E-state index contributed by atoms with van der Waals surface area (Å²) in [6.07, 6.45) is 1.23. The molecule has 0 fully saturated rings. The van der Waals surface area contributed by atoms with Gasteiger partial charge in [0.2, 0.25) is 5.91 Å². The summed E-state index contributed by atoms with van der Waals surface area (Å²) < 4.78 is 3.02. The zero-order chi connectivity index (χ0) is 17.3. The van der Waals surface area contributed by atoms with Crippen molar-refractivity contribution in [3.05, 3.63) is 60.8 Å². The maximum Gasteiger partial charge on any atom is 0.331 e. The Labute approximate surface area is 145 Å². The average molecular weight is 389 g/mol. The third-order valence-electron chi connectivity index (χ3n) is 3.85. The smallest absolute Gasteiger partial charge is 0.324 e. The summed E-state index contributed by atoms with van der Waals surface area (Å²) >= 11 is 3.30. The fourth-order valence-corrected chi connectivity index (χ4v) is 3.20. The average Bonchev–Trinajstić information content (AvgIpc) is 3.01. The number of rotatable bonds is 3. The number of carbonyl (C=O) groups excluding carboxylic acids is 1. The van der Waals surface area contributed by atoms with E-state index < -0.39 is 23.7 Å². The van der Waals surface area contributed by atoms with E-state index in [0.29, 0.717) is 30.8 Å². The summed E-state index contributed by atoms with van der Waals surface area (Å²) in [5.74, 6) is -0.505. The lowest BCUT2D eigenvalue weighted by Gasteiger charge is -2.11. The van der Waals surface area contributed by atoms with E-state index in [-0.39, 0.29) is 5.56 Å². The monoisotopic (exact) mass is 388 g/mol. The number of halogens is 1. The highest BCUT2D eigenvalue weighted by molar-refractivity contribution is 9.10. The molecule has 122 valence electrons. The van der Waals surface area contributed by atoms with Crippen molar-refractivity contribution < 1.29 is 4.79 Å². The Hall–Kier alpha value is -2.66. The summed E-state index contributed by atoms with van der Waals surface area (Å²) in [5, 5.41) is 11.8. The zero-order valence-electron chi connectivity index (χ0n) is 12.6. The van der Waals surface area contributed by atoms with Gasteiger partial charge in [-0.2, -0.15) is 5.26 Å². The number of nitrogens with zero attached hydrogens (tertiary/aromatic N) is 3. The van der Waals surface area contributed by atoms with Crippen LogP contribution in [0.15, 0.2) is 38.3 Å². The van der Waals surface area contributed by atoms with Crippen LogP contribution >= 0.6 is 15.9 Å². The molecule has 0 saturated heterocycles. The first kappa shape index (κ1) is 16.2. The third kappa shape index (κ3) is 2.90. The van der Waals surface area contributed by atoms with E-state index in [1.807, 2.05) is 12.1 Å². The van der Waals surface area contributed by atoms with Crippen molar-refractivity contribution in [1.82, 2.24) is 9.13 Å². The van der Waals surface area contributed by atoms with Crippen LogP contribution in [0.2, 0.25) is 0 Å². The minimum Gasteiger partial charge on any atom is -0.324 e. The molecule has 2 heterocycles. The Kier molecular flexibility index (Phi) is 4.36. The lowest BCUT2D eigenvalue weighted by atomic mass is 10.2. The van der Waals surface area contributed by atoms with Crippen LogP contribution in [0.1, 0.15) is 17.7 Å². The lowest BCUT2D eigenvalue weighted by molar-refractivity contribution is -0.116. The summed E-state index contributed by atoms with van der Waals surface area (Å²) in [6, 6.07) is 8.83. The molecule has 1 aromatic heterocycles. The summed E-state index contributed by atoms with van der Waals surface area (Å²) in [7, 11) is 0. The van der Waals surface area contributed by atoms with Gasteiger partial charge in [-0.1, -0.05) is 22.0 Å². The number of nitriles is 1. The topological polar surface area (TPSA) is 96.9 Å². The van der Waals surface area contributed by atoms with Gasteiger partial charge < -0.3 is 5.32 Å². The summed E-state index contributed by atoms with van der Waals surface area (Å²) in [4.78, 5) is 37.0. The summed E-state index contributed by atoms with van der Waals surface area (Å²) in [6.45, 7) is 0.0233. The number of amides is 1. The van der Waals surface area contributed by atoms with E-state index in [0.717, 1.165) is 9.04 Å². The molecule has 1 aliphatic rings. The minimum atomic E-state index is -0.708. The van der Waals surface area contributed by atoms with Crippen LogP contribution in [0, 0.1) is 11.3 Å². The van der Waals surface area contributed by atoms with E-state index in [1.54, 1.807) is 18.2 Å². The molecule has 0 saturated carbocycles. The Bertz CT molecular complexity index is 984. The highest BCUT2D eigenvalue weighted by Gasteiger charge is 2.23. The van der Waals surface area contributed by atoms with E-state index in [2.05, 4.69) is 21.2 Å². The van der Waals surface area contributed by atoms with Crippen LogP contribution in [0.3, 0.4) is 0 Å². The zero-order valence-corrected chi connectivity index (χ0v) is 14.2. The highest BCUT2D eigenvalue weighted by atomic mass is 79.9. The van der Waals surface area contributed by atoms with Crippen molar-refractivity contribution >= 4 is 27.5 Å².